The number of nitrogens with zero attached hydrogens (tertiary/aromatic N) is 2. The topological polar surface area (TPSA) is 113 Å². The summed E-state index contributed by atoms with van der Waals surface area (Å²) in [5.41, 5.74) is 0.449. The normalized spacial score (nSPS) is 22.8. The molecule has 2 aliphatic heterocycles. The van der Waals surface area contributed by atoms with Crippen LogP contribution < -0.4 is 15.4 Å². The zero-order valence-electron chi connectivity index (χ0n) is 15.1. The summed E-state index contributed by atoms with van der Waals surface area (Å²) in [5, 5.41) is 8.27. The highest BCUT2D eigenvalue weighted by molar-refractivity contribution is 7.89. The van der Waals surface area contributed by atoms with Crippen LogP contribution >= 0.6 is 12.4 Å². The first-order valence-electron chi connectivity index (χ1n) is 8.69. The summed E-state index contributed by atoms with van der Waals surface area (Å²) in [5.74, 6) is -0.585. The van der Waals surface area contributed by atoms with E-state index in [4.69, 9.17) is 5.14 Å². The van der Waals surface area contributed by atoms with Crippen molar-refractivity contribution in [2.24, 2.45) is 11.1 Å². The SMILES string of the molecule is CNCC1CCCN1C(=O)C1CC(=O)N(c2cccc(S(N)(=O)=O)c2)C1.Cl. The number of likely N-dealkylation sites (tertiary alicyclic amines) is 1. The second-order valence-corrected chi connectivity index (χ2v) is 8.39. The molecule has 0 saturated carbocycles. The van der Waals surface area contributed by atoms with Crippen LogP contribution in [0.2, 0.25) is 0 Å². The number of hydrogen-bond acceptors (Lipinski definition) is 5. The fraction of sp³-hybridized carbons (Fsp3) is 0.529. The molecule has 10 heteroatoms. The Hall–Kier alpha value is -1.68. The van der Waals surface area contributed by atoms with Crippen molar-refractivity contribution in [2.45, 2.75) is 30.2 Å². The minimum Gasteiger partial charge on any atom is -0.338 e. The Morgan fingerprint density at radius 1 is 1.37 bits per heavy atom. The molecule has 2 unspecified atom stereocenters. The Kier molecular flexibility index (Phi) is 6.85. The molecule has 3 rings (SSSR count). The molecular weight excluding hydrogens is 392 g/mol. The smallest absolute Gasteiger partial charge is 0.238 e. The Morgan fingerprint density at radius 2 is 2.11 bits per heavy atom. The lowest BCUT2D eigenvalue weighted by molar-refractivity contribution is -0.136. The molecular formula is C17H25ClN4O4S. The third-order valence-electron chi connectivity index (χ3n) is 5.03. The molecule has 0 bridgehead atoms. The van der Waals surface area contributed by atoms with Gasteiger partial charge in [0.15, 0.2) is 0 Å². The zero-order chi connectivity index (χ0) is 18.9. The second-order valence-electron chi connectivity index (χ2n) is 6.83. The van der Waals surface area contributed by atoms with Crippen molar-refractivity contribution >= 4 is 39.9 Å². The van der Waals surface area contributed by atoms with E-state index in [0.29, 0.717) is 5.69 Å². The van der Waals surface area contributed by atoms with Crippen molar-refractivity contribution in [2.75, 3.05) is 31.6 Å². The maximum absolute atomic E-state index is 12.9. The lowest BCUT2D eigenvalue weighted by atomic mass is 10.1. The van der Waals surface area contributed by atoms with Gasteiger partial charge in [-0.15, -0.1) is 12.4 Å². The van der Waals surface area contributed by atoms with Gasteiger partial charge in [0.25, 0.3) is 0 Å². The molecule has 150 valence electrons. The third-order valence-corrected chi connectivity index (χ3v) is 5.94. The minimum absolute atomic E-state index is 0. The Morgan fingerprint density at radius 3 is 2.78 bits per heavy atom. The van der Waals surface area contributed by atoms with Crippen LogP contribution in [0.25, 0.3) is 0 Å². The van der Waals surface area contributed by atoms with Crippen LogP contribution in [-0.2, 0) is 19.6 Å². The van der Waals surface area contributed by atoms with E-state index in [0.717, 1.165) is 25.9 Å². The zero-order valence-corrected chi connectivity index (χ0v) is 16.8. The monoisotopic (exact) mass is 416 g/mol. The Balaban J connectivity index is 0.00000261. The Bertz CT molecular complexity index is 817. The van der Waals surface area contributed by atoms with Gasteiger partial charge >= 0.3 is 0 Å². The van der Waals surface area contributed by atoms with E-state index in [1.54, 1.807) is 12.1 Å². The molecule has 1 aromatic rings. The number of primary sulfonamides is 1. The first kappa shape index (κ1) is 21.6. The number of nitrogens with one attached hydrogen (secondary N) is 1. The average molecular weight is 417 g/mol. The first-order chi connectivity index (χ1) is 12.3. The quantitative estimate of drug-likeness (QED) is 0.717. The summed E-state index contributed by atoms with van der Waals surface area (Å²) in [6, 6.07) is 6.12. The number of carbonyl (C=O) groups is 2. The van der Waals surface area contributed by atoms with Crippen LogP contribution in [0.1, 0.15) is 19.3 Å². The molecule has 1 aromatic carbocycles. The fourth-order valence-corrected chi connectivity index (χ4v) is 4.31. The largest absolute Gasteiger partial charge is 0.338 e. The van der Waals surface area contributed by atoms with Gasteiger partial charge in [0.2, 0.25) is 21.8 Å². The highest BCUT2D eigenvalue weighted by Crippen LogP contribution is 2.29. The summed E-state index contributed by atoms with van der Waals surface area (Å²) in [4.78, 5) is 28.6. The number of amides is 2. The maximum atomic E-state index is 12.9. The van der Waals surface area contributed by atoms with Crippen molar-refractivity contribution < 1.29 is 18.0 Å². The van der Waals surface area contributed by atoms with Gasteiger partial charge in [-0.25, -0.2) is 13.6 Å². The minimum atomic E-state index is -3.85. The van der Waals surface area contributed by atoms with Gasteiger partial charge in [0, 0.05) is 37.8 Å². The lowest BCUT2D eigenvalue weighted by Crippen LogP contribution is -2.44. The van der Waals surface area contributed by atoms with Crippen LogP contribution in [-0.4, -0.2) is 57.9 Å². The lowest BCUT2D eigenvalue weighted by Gasteiger charge is -2.27. The molecule has 2 aliphatic rings. The molecule has 2 saturated heterocycles. The number of hydrogen-bond donors (Lipinski definition) is 2. The second kappa shape index (κ2) is 8.55. The summed E-state index contributed by atoms with van der Waals surface area (Å²) < 4.78 is 23.1. The Labute approximate surface area is 165 Å². The van der Waals surface area contributed by atoms with Crippen LogP contribution in [0, 0.1) is 5.92 Å². The van der Waals surface area contributed by atoms with Crippen LogP contribution in [0.3, 0.4) is 0 Å². The van der Waals surface area contributed by atoms with Gasteiger partial charge in [0.05, 0.1) is 10.8 Å². The van der Waals surface area contributed by atoms with Gasteiger partial charge in [0.1, 0.15) is 0 Å². The summed E-state index contributed by atoms with van der Waals surface area (Å²) >= 11 is 0. The van der Waals surface area contributed by atoms with E-state index in [1.165, 1.54) is 17.0 Å². The van der Waals surface area contributed by atoms with Crippen LogP contribution in [0.15, 0.2) is 29.2 Å². The number of carbonyl (C=O) groups excluding carboxylic acids is 2. The molecule has 8 nitrogen and oxygen atoms in total. The molecule has 2 atom stereocenters. The average Bonchev–Trinajstić information content (AvgIpc) is 3.21. The number of halogens is 1. The summed E-state index contributed by atoms with van der Waals surface area (Å²) in [6.45, 7) is 1.72. The fourth-order valence-electron chi connectivity index (χ4n) is 3.76. The number of nitrogens with two attached hydrogens (primary N) is 1. The standard InChI is InChI=1S/C17H24N4O4S.ClH/c1-19-10-14-5-3-7-20(14)17(23)12-8-16(22)21(11-12)13-4-2-6-15(9-13)26(18,24)25;/h2,4,6,9,12,14,19H,3,5,7-8,10-11H2,1H3,(H2,18,24,25);1H. The number of anilines is 1. The maximum Gasteiger partial charge on any atom is 0.238 e. The van der Waals surface area contributed by atoms with Gasteiger partial charge in [-0.2, -0.15) is 0 Å². The number of rotatable bonds is 5. The molecule has 0 spiro atoms. The van der Waals surface area contributed by atoms with Gasteiger partial charge in [-0.3, -0.25) is 9.59 Å². The van der Waals surface area contributed by atoms with Crippen molar-refractivity contribution in [1.82, 2.24) is 10.2 Å². The molecule has 2 fully saturated rings. The van der Waals surface area contributed by atoms with Crippen molar-refractivity contribution in [3.63, 3.8) is 0 Å². The predicted molar refractivity (Wildman–Crippen MR) is 104 cm³/mol. The number of sulfonamides is 1. The molecule has 0 aromatic heterocycles. The van der Waals surface area contributed by atoms with E-state index in [9.17, 15) is 18.0 Å². The van der Waals surface area contributed by atoms with Crippen molar-refractivity contribution in [3.8, 4) is 0 Å². The highest BCUT2D eigenvalue weighted by Gasteiger charge is 2.40. The predicted octanol–water partition coefficient (Wildman–Crippen LogP) is 0.319. The van der Waals surface area contributed by atoms with Gasteiger partial charge < -0.3 is 15.1 Å². The molecule has 2 amide bonds. The summed E-state index contributed by atoms with van der Waals surface area (Å²) in [6.07, 6.45) is 2.08. The van der Waals surface area contributed by atoms with E-state index in [-0.39, 0.29) is 48.1 Å². The van der Waals surface area contributed by atoms with Crippen molar-refractivity contribution in [3.05, 3.63) is 24.3 Å². The number of benzene rings is 1. The molecule has 0 radical (unpaired) electrons. The molecule has 2 heterocycles. The summed E-state index contributed by atoms with van der Waals surface area (Å²) in [7, 11) is -1.99. The molecule has 27 heavy (non-hydrogen) atoms. The molecule has 0 aliphatic carbocycles. The van der Waals surface area contributed by atoms with Crippen molar-refractivity contribution in [1.29, 1.82) is 0 Å². The van der Waals surface area contributed by atoms with E-state index >= 15 is 0 Å². The van der Waals surface area contributed by atoms with Gasteiger partial charge in [-0.05, 0) is 38.1 Å². The van der Waals surface area contributed by atoms with Crippen LogP contribution in [0.5, 0.6) is 0 Å². The first-order valence-corrected chi connectivity index (χ1v) is 10.2. The van der Waals surface area contributed by atoms with E-state index < -0.39 is 15.9 Å². The van der Waals surface area contributed by atoms with E-state index in [2.05, 4.69) is 5.32 Å². The van der Waals surface area contributed by atoms with Gasteiger partial charge in [-0.1, -0.05) is 6.07 Å². The highest BCUT2D eigenvalue weighted by atomic mass is 35.5. The third kappa shape index (κ3) is 4.60. The number of likely N-dealkylation sites (N-methyl/N-ethyl adjacent to an activating group) is 1. The molecule has 3 N–H and O–H groups in total. The van der Waals surface area contributed by atoms with Crippen LogP contribution in [0.4, 0.5) is 5.69 Å². The van der Waals surface area contributed by atoms with E-state index in [1.807, 2.05) is 11.9 Å².